The lowest BCUT2D eigenvalue weighted by Crippen LogP contribution is -2.37. The van der Waals surface area contributed by atoms with Crippen molar-refractivity contribution in [2.75, 3.05) is 19.6 Å². The number of nitriles is 1. The molecule has 0 aromatic carbocycles. The number of hydrogen-bond acceptors (Lipinski definition) is 3. The highest BCUT2D eigenvalue weighted by Crippen LogP contribution is 2.09. The van der Waals surface area contributed by atoms with Gasteiger partial charge in [-0.3, -0.25) is 4.79 Å². The maximum absolute atomic E-state index is 11.1. The third kappa shape index (κ3) is 9.01. The van der Waals surface area contributed by atoms with Crippen molar-refractivity contribution >= 4 is 5.91 Å². The Kier molecular flexibility index (Phi) is 5.89. The van der Waals surface area contributed by atoms with Crippen molar-refractivity contribution in [3.8, 4) is 6.07 Å². The van der Waals surface area contributed by atoms with Gasteiger partial charge >= 0.3 is 0 Å². The number of carbonyl (C=O) groups excluding carboxylic acids is 1. The normalized spacial score (nSPS) is 10.7. The second-order valence-electron chi connectivity index (χ2n) is 4.42. The molecule has 0 aliphatic rings. The maximum Gasteiger partial charge on any atom is 0.233 e. The van der Waals surface area contributed by atoms with Crippen LogP contribution in [0.5, 0.6) is 0 Å². The van der Waals surface area contributed by atoms with E-state index in [4.69, 9.17) is 5.26 Å². The first-order valence-corrected chi connectivity index (χ1v) is 4.80. The molecule has 2 N–H and O–H groups in total. The van der Waals surface area contributed by atoms with Crippen molar-refractivity contribution in [1.29, 1.82) is 5.26 Å². The molecular formula is C10H19N3O. The molecule has 4 nitrogen and oxygen atoms in total. The van der Waals surface area contributed by atoms with Crippen molar-refractivity contribution in [1.82, 2.24) is 10.6 Å². The lowest BCUT2D eigenvalue weighted by molar-refractivity contribution is -0.120. The lowest BCUT2D eigenvalue weighted by atomic mass is 9.97. The van der Waals surface area contributed by atoms with E-state index in [1.807, 2.05) is 6.07 Å². The van der Waals surface area contributed by atoms with Gasteiger partial charge in [-0.25, -0.2) is 0 Å². The molecule has 0 saturated carbocycles. The smallest absolute Gasteiger partial charge is 0.233 e. The summed E-state index contributed by atoms with van der Waals surface area (Å²) in [6.45, 7) is 7.88. The third-order valence-corrected chi connectivity index (χ3v) is 1.50. The molecule has 80 valence electrons. The SMILES string of the molecule is CC(C)(C)CNCC(=O)NCCC#N. The minimum absolute atomic E-state index is 0.0514. The van der Waals surface area contributed by atoms with Crippen molar-refractivity contribution in [2.45, 2.75) is 27.2 Å². The van der Waals surface area contributed by atoms with Crippen LogP contribution in [0.2, 0.25) is 0 Å². The van der Waals surface area contributed by atoms with E-state index in [-0.39, 0.29) is 11.3 Å². The second-order valence-corrected chi connectivity index (χ2v) is 4.42. The summed E-state index contributed by atoms with van der Waals surface area (Å²) >= 11 is 0. The number of hydrogen-bond donors (Lipinski definition) is 2. The van der Waals surface area contributed by atoms with Gasteiger partial charge in [0.2, 0.25) is 5.91 Å². The summed E-state index contributed by atoms with van der Waals surface area (Å²) in [5, 5.41) is 13.9. The number of carbonyl (C=O) groups is 1. The van der Waals surface area contributed by atoms with Crippen molar-refractivity contribution in [3.05, 3.63) is 0 Å². The van der Waals surface area contributed by atoms with E-state index in [1.54, 1.807) is 0 Å². The summed E-state index contributed by atoms with van der Waals surface area (Å²) in [5.41, 5.74) is 0.187. The van der Waals surface area contributed by atoms with Gasteiger partial charge in [0.05, 0.1) is 19.0 Å². The van der Waals surface area contributed by atoms with Gasteiger partial charge in [-0.1, -0.05) is 20.8 Å². The molecule has 0 aliphatic carbocycles. The molecule has 0 unspecified atom stereocenters. The number of nitrogens with one attached hydrogen (secondary N) is 2. The Bertz CT molecular complexity index is 212. The molecule has 1 amide bonds. The van der Waals surface area contributed by atoms with Gasteiger partial charge in [-0.15, -0.1) is 0 Å². The summed E-state index contributed by atoms with van der Waals surface area (Å²) in [5.74, 6) is -0.0514. The first-order valence-electron chi connectivity index (χ1n) is 4.80. The largest absolute Gasteiger partial charge is 0.354 e. The Labute approximate surface area is 85.7 Å². The van der Waals surface area contributed by atoms with Crippen LogP contribution in [0.25, 0.3) is 0 Å². The minimum atomic E-state index is -0.0514. The molecule has 0 heterocycles. The van der Waals surface area contributed by atoms with E-state index in [1.165, 1.54) is 0 Å². The van der Waals surface area contributed by atoms with Gasteiger partial charge < -0.3 is 10.6 Å². The Balaban J connectivity index is 3.42. The highest BCUT2D eigenvalue weighted by atomic mass is 16.1. The molecule has 0 atom stereocenters. The first kappa shape index (κ1) is 12.9. The average molecular weight is 197 g/mol. The number of nitrogens with zero attached hydrogens (tertiary/aromatic N) is 1. The van der Waals surface area contributed by atoms with Crippen LogP contribution in [0.15, 0.2) is 0 Å². The van der Waals surface area contributed by atoms with Crippen LogP contribution in [0.1, 0.15) is 27.2 Å². The standard InChI is InChI=1S/C10H19N3O/c1-10(2,3)8-12-7-9(14)13-6-4-5-11/h12H,4,6-8H2,1-3H3,(H,13,14). The van der Waals surface area contributed by atoms with E-state index >= 15 is 0 Å². The zero-order valence-electron chi connectivity index (χ0n) is 9.18. The predicted octanol–water partition coefficient (Wildman–Crippen LogP) is 0.652. The molecule has 0 aromatic heterocycles. The monoisotopic (exact) mass is 197 g/mol. The van der Waals surface area contributed by atoms with Gasteiger partial charge in [-0.05, 0) is 5.41 Å². The lowest BCUT2D eigenvalue weighted by Gasteiger charge is -2.18. The minimum Gasteiger partial charge on any atom is -0.354 e. The van der Waals surface area contributed by atoms with Gasteiger partial charge in [0.15, 0.2) is 0 Å². The predicted molar refractivity (Wildman–Crippen MR) is 55.6 cm³/mol. The van der Waals surface area contributed by atoms with Crippen LogP contribution in [0.4, 0.5) is 0 Å². The maximum atomic E-state index is 11.1. The van der Waals surface area contributed by atoms with Gasteiger partial charge in [0.1, 0.15) is 0 Å². The fourth-order valence-electron chi connectivity index (χ4n) is 0.871. The summed E-state index contributed by atoms with van der Waals surface area (Å²) in [6, 6.07) is 1.97. The number of rotatable bonds is 5. The van der Waals surface area contributed by atoms with Gasteiger partial charge in [-0.2, -0.15) is 5.26 Å². The molecule has 0 radical (unpaired) electrons. The van der Waals surface area contributed by atoms with E-state index in [0.29, 0.717) is 19.5 Å². The van der Waals surface area contributed by atoms with Crippen LogP contribution in [0, 0.1) is 16.7 Å². The average Bonchev–Trinajstić information content (AvgIpc) is 2.02. The Morgan fingerprint density at radius 3 is 2.57 bits per heavy atom. The van der Waals surface area contributed by atoms with Crippen LogP contribution in [-0.2, 0) is 4.79 Å². The molecule has 0 bridgehead atoms. The fraction of sp³-hybridized carbons (Fsp3) is 0.800. The highest BCUT2D eigenvalue weighted by molar-refractivity contribution is 5.77. The topological polar surface area (TPSA) is 64.9 Å². The molecule has 14 heavy (non-hydrogen) atoms. The molecular weight excluding hydrogens is 178 g/mol. The van der Waals surface area contributed by atoms with Gasteiger partial charge in [0.25, 0.3) is 0 Å². The molecule has 0 aliphatic heterocycles. The van der Waals surface area contributed by atoms with E-state index < -0.39 is 0 Å². The molecule has 0 saturated heterocycles. The summed E-state index contributed by atoms with van der Waals surface area (Å²) < 4.78 is 0. The quantitative estimate of drug-likeness (QED) is 0.636. The molecule has 0 fully saturated rings. The Morgan fingerprint density at radius 1 is 1.43 bits per heavy atom. The summed E-state index contributed by atoms with van der Waals surface area (Å²) in [4.78, 5) is 11.1. The van der Waals surface area contributed by atoms with Crippen molar-refractivity contribution < 1.29 is 4.79 Å². The molecule has 0 rings (SSSR count). The van der Waals surface area contributed by atoms with Gasteiger partial charge in [0, 0.05) is 13.1 Å². The number of amides is 1. The van der Waals surface area contributed by atoms with Crippen molar-refractivity contribution in [3.63, 3.8) is 0 Å². The highest BCUT2D eigenvalue weighted by Gasteiger charge is 2.09. The summed E-state index contributed by atoms with van der Waals surface area (Å²) in [6.07, 6.45) is 0.366. The second kappa shape index (κ2) is 6.39. The molecule has 4 heteroatoms. The first-order chi connectivity index (χ1) is 6.45. The third-order valence-electron chi connectivity index (χ3n) is 1.50. The van der Waals surface area contributed by atoms with E-state index in [9.17, 15) is 4.79 Å². The molecule has 0 aromatic rings. The fourth-order valence-corrected chi connectivity index (χ4v) is 0.871. The Morgan fingerprint density at radius 2 is 2.07 bits per heavy atom. The van der Waals surface area contributed by atoms with Crippen LogP contribution in [0.3, 0.4) is 0 Å². The zero-order chi connectivity index (χ0) is 11.0. The van der Waals surface area contributed by atoms with Crippen LogP contribution < -0.4 is 10.6 Å². The Hall–Kier alpha value is -1.08. The summed E-state index contributed by atoms with van der Waals surface area (Å²) in [7, 11) is 0. The van der Waals surface area contributed by atoms with E-state index in [2.05, 4.69) is 31.4 Å². The van der Waals surface area contributed by atoms with E-state index in [0.717, 1.165) is 6.54 Å². The van der Waals surface area contributed by atoms with Crippen molar-refractivity contribution in [2.24, 2.45) is 5.41 Å². The zero-order valence-corrected chi connectivity index (χ0v) is 9.18. The van der Waals surface area contributed by atoms with Crippen LogP contribution >= 0.6 is 0 Å². The molecule has 0 spiro atoms. The van der Waals surface area contributed by atoms with Crippen LogP contribution in [-0.4, -0.2) is 25.5 Å².